The molecule has 0 atom stereocenters. The fraction of sp³-hybridized carbons (Fsp3) is 0.875. The zero-order valence-corrected chi connectivity index (χ0v) is 13.1. The minimum absolute atomic E-state index is 0.150. The number of hydrogen-bond acceptors (Lipinski definition) is 2. The summed E-state index contributed by atoms with van der Waals surface area (Å²) in [7, 11) is -3.67. The van der Waals surface area contributed by atoms with E-state index in [0.29, 0.717) is 0 Å². The summed E-state index contributed by atoms with van der Waals surface area (Å²) in [6.07, 6.45) is -0.150. The Labute approximate surface area is 128 Å². The number of halogens is 3. The van der Waals surface area contributed by atoms with Crippen molar-refractivity contribution in [1.82, 2.24) is 4.90 Å². The molecule has 0 spiro atoms. The molecule has 0 aromatic carbocycles. The van der Waals surface area contributed by atoms with Crippen molar-refractivity contribution in [2.24, 2.45) is 0 Å². The van der Waals surface area contributed by atoms with Crippen LogP contribution in [0.3, 0.4) is 0 Å². The van der Waals surface area contributed by atoms with E-state index < -0.39 is 7.54 Å². The molecule has 1 amide bonds. The molecule has 0 radical (unpaired) electrons. The fourth-order valence-corrected chi connectivity index (χ4v) is 2.55. The van der Waals surface area contributed by atoms with E-state index in [9.17, 15) is 17.7 Å². The standard InChI is InChI=1S/C8H14NO2.BF3.K/c1-8(2,3)11-7(10)9-5-4-6-9;2-1(3)4;/h4H,5-6H2,1-3H3;;. The van der Waals surface area contributed by atoms with Crippen LogP contribution in [0.25, 0.3) is 0 Å². The van der Waals surface area contributed by atoms with Crippen LogP contribution in [0.4, 0.5) is 17.7 Å². The Balaban J connectivity index is 0.000000487. The molecule has 1 saturated heterocycles. The van der Waals surface area contributed by atoms with Gasteiger partial charge in [0, 0.05) is 0 Å². The number of amides is 1. The van der Waals surface area contributed by atoms with Crippen molar-refractivity contribution >= 4 is 62.6 Å². The molecule has 1 aliphatic heterocycles. The minimum atomic E-state index is -3.67. The van der Waals surface area contributed by atoms with Gasteiger partial charge in [0.2, 0.25) is 0 Å². The molecule has 0 N–H and O–H groups in total. The number of likely N-dealkylation sites (tertiary alicyclic amines) is 1. The van der Waals surface area contributed by atoms with Crippen LogP contribution in [0.1, 0.15) is 20.8 Å². The Morgan fingerprint density at radius 1 is 1.38 bits per heavy atom. The Bertz CT molecular complexity index is 229. The first-order chi connectivity index (χ1) is 7.11. The Kier molecular flexibility index (Phi) is 7.60. The van der Waals surface area contributed by atoms with Crippen LogP contribution in [-0.4, -0.2) is 86.2 Å². The zero-order chi connectivity index (χ0) is 12.9. The average Bonchev–Trinajstić information content (AvgIpc) is 1.93. The number of ether oxygens (including phenoxy) is 1. The largest absolute Gasteiger partial charge is 0.762 e. The summed E-state index contributed by atoms with van der Waals surface area (Å²) in [4.78, 5) is 13.1. The summed E-state index contributed by atoms with van der Waals surface area (Å²) in [6, 6.07) is 0. The number of carbonyl (C=O) groups is 1. The molecule has 3 nitrogen and oxygen atoms in total. The molecule has 0 unspecified atom stereocenters. The van der Waals surface area contributed by atoms with Gasteiger partial charge in [-0.2, -0.15) is 0 Å². The molecule has 8 heteroatoms. The predicted octanol–water partition coefficient (Wildman–Crippen LogP) is 2.07. The van der Waals surface area contributed by atoms with Crippen LogP contribution >= 0.6 is 0 Å². The van der Waals surface area contributed by atoms with Gasteiger partial charge in [-0.05, 0) is 0 Å². The number of hydrogen-bond donors (Lipinski definition) is 0. The second-order valence-corrected chi connectivity index (χ2v) is 7.29. The number of nitrogens with zero attached hydrogens (tertiary/aromatic N) is 1. The van der Waals surface area contributed by atoms with Gasteiger partial charge in [0.05, 0.1) is 0 Å². The van der Waals surface area contributed by atoms with Crippen molar-refractivity contribution in [3.63, 3.8) is 0 Å². The predicted molar refractivity (Wildman–Crippen MR) is 56.4 cm³/mol. The molecular weight excluding hydrogens is 249 g/mol. The van der Waals surface area contributed by atoms with Crippen LogP contribution in [0.2, 0.25) is 0.0125 Å². The van der Waals surface area contributed by atoms with Crippen molar-refractivity contribution < 1.29 is 22.5 Å². The van der Waals surface area contributed by atoms with Crippen molar-refractivity contribution in [1.29, 1.82) is 0 Å². The fourth-order valence-electron chi connectivity index (χ4n) is 1.17. The van der Waals surface area contributed by atoms with E-state index in [-0.39, 0.29) is 11.7 Å². The maximum atomic E-state index is 11.3. The first kappa shape index (κ1) is 16.8. The Morgan fingerprint density at radius 2 is 1.75 bits per heavy atom. The van der Waals surface area contributed by atoms with Gasteiger partial charge in [-0.3, -0.25) is 12.9 Å². The third-order valence-electron chi connectivity index (χ3n) is 1.72. The molecule has 16 heavy (non-hydrogen) atoms. The van der Waals surface area contributed by atoms with Crippen molar-refractivity contribution in [2.75, 3.05) is 13.1 Å². The third-order valence-corrected chi connectivity index (χ3v) is 2.86. The first-order valence-corrected chi connectivity index (χ1v) is 6.82. The molecule has 0 aliphatic carbocycles. The van der Waals surface area contributed by atoms with E-state index in [2.05, 4.69) is 0 Å². The average molecular weight is 263 g/mol. The first-order valence-electron chi connectivity index (χ1n) is 5.02. The van der Waals surface area contributed by atoms with Crippen molar-refractivity contribution in [3.8, 4) is 0 Å². The summed E-state index contributed by atoms with van der Waals surface area (Å²) in [5.41, 5.74) is -0.350. The topological polar surface area (TPSA) is 29.5 Å². The molecule has 0 aromatic rings. The maximum Gasteiger partial charge on any atom is 0.762 e. The van der Waals surface area contributed by atoms with E-state index in [4.69, 9.17) is 4.74 Å². The van der Waals surface area contributed by atoms with Crippen LogP contribution in [-0.2, 0) is 4.74 Å². The zero-order valence-electron chi connectivity index (χ0n) is 9.97. The molecule has 1 aliphatic rings. The molecule has 0 saturated carbocycles. The van der Waals surface area contributed by atoms with E-state index in [0.717, 1.165) is 62.1 Å². The molecule has 0 bridgehead atoms. The molecule has 1 heterocycles. The van der Waals surface area contributed by atoms with Crippen molar-refractivity contribution in [3.05, 3.63) is 0 Å². The summed E-state index contributed by atoms with van der Waals surface area (Å²) in [5.74, 6) is 0. The summed E-state index contributed by atoms with van der Waals surface area (Å²) >= 11 is 0.853. The summed E-state index contributed by atoms with van der Waals surface area (Å²) < 4.78 is 35.0. The van der Waals surface area contributed by atoms with Gasteiger partial charge in [-0.15, -0.1) is 0 Å². The van der Waals surface area contributed by atoms with E-state index >= 15 is 0 Å². The second-order valence-electron chi connectivity index (χ2n) is 4.74. The van der Waals surface area contributed by atoms with Crippen molar-refractivity contribution in [2.45, 2.75) is 26.4 Å². The third kappa shape index (κ3) is 8.86. The SMILES string of the molecule is CC(C)(C)OC(=O)N1C[CH]([K])C1.FB(F)F. The Hall–Kier alpha value is 0.761. The molecular formula is C8H14BF3KNO2. The van der Waals surface area contributed by atoms with E-state index in [1.807, 2.05) is 20.8 Å². The quantitative estimate of drug-likeness (QED) is 0.626. The monoisotopic (exact) mass is 263 g/mol. The van der Waals surface area contributed by atoms with Gasteiger partial charge < -0.3 is 0 Å². The smallest absolute Gasteiger partial charge is 0.254 e. The number of rotatable bonds is 0. The molecule has 0 aromatic heterocycles. The van der Waals surface area contributed by atoms with Crippen LogP contribution in [0, 0.1) is 0 Å². The van der Waals surface area contributed by atoms with Gasteiger partial charge in [0.15, 0.2) is 0 Å². The van der Waals surface area contributed by atoms with E-state index in [1.54, 1.807) is 4.90 Å². The maximum absolute atomic E-state index is 11.3. The summed E-state index contributed by atoms with van der Waals surface area (Å²) in [5, 5.41) is 0. The van der Waals surface area contributed by atoms with Gasteiger partial charge >= 0.3 is 116 Å². The van der Waals surface area contributed by atoms with E-state index in [1.165, 1.54) is 0 Å². The van der Waals surface area contributed by atoms with Gasteiger partial charge in [-0.25, -0.2) is 0 Å². The van der Waals surface area contributed by atoms with Gasteiger partial charge in [-0.1, -0.05) is 0 Å². The molecule has 1 rings (SSSR count). The van der Waals surface area contributed by atoms with Gasteiger partial charge in [0.1, 0.15) is 0 Å². The van der Waals surface area contributed by atoms with Crippen LogP contribution < -0.4 is 0 Å². The second kappa shape index (κ2) is 7.25. The normalized spacial score (nSPS) is 15.9. The number of carbonyl (C=O) groups excluding carboxylic acids is 1. The Morgan fingerprint density at radius 3 is 2.00 bits per heavy atom. The molecule has 88 valence electrons. The van der Waals surface area contributed by atoms with Crippen LogP contribution in [0.15, 0.2) is 0 Å². The summed E-state index contributed by atoms with van der Waals surface area (Å²) in [6.45, 7) is 7.54. The van der Waals surface area contributed by atoms with Gasteiger partial charge in [0.25, 0.3) is 0 Å². The minimum Gasteiger partial charge on any atom is -0.254 e. The molecule has 1 fully saturated rings. The van der Waals surface area contributed by atoms with Crippen LogP contribution in [0.5, 0.6) is 0 Å².